The van der Waals surface area contributed by atoms with Crippen LogP contribution in [-0.4, -0.2) is 4.98 Å². The Hall–Kier alpha value is -1.20. The molecule has 0 unspecified atom stereocenters. The molecule has 2 N–H and O–H groups in total. The predicted octanol–water partition coefficient (Wildman–Crippen LogP) is 3.91. The summed E-state index contributed by atoms with van der Waals surface area (Å²) in [5, 5.41) is 2.71. The molecule has 0 aliphatic rings. The highest BCUT2D eigenvalue weighted by Gasteiger charge is 2.11. The molecule has 1 heterocycles. The molecule has 0 atom stereocenters. The molecule has 0 saturated carbocycles. The number of alkyl halides is 2. The molecule has 0 radical (unpaired) electrons. The second-order valence-corrected chi connectivity index (χ2v) is 4.80. The molecule has 17 heavy (non-hydrogen) atoms. The maximum absolute atomic E-state index is 12.5. The van der Waals surface area contributed by atoms with E-state index in [2.05, 4.69) is 4.98 Å². The van der Waals surface area contributed by atoms with Crippen molar-refractivity contribution in [3.8, 4) is 0 Å². The zero-order chi connectivity index (χ0) is 12.4. The first-order valence-corrected chi connectivity index (χ1v) is 6.08. The Kier molecular flexibility index (Phi) is 3.59. The third kappa shape index (κ3) is 2.92. The van der Waals surface area contributed by atoms with Gasteiger partial charge in [-0.25, -0.2) is 13.8 Å². The van der Waals surface area contributed by atoms with E-state index in [1.165, 1.54) is 29.5 Å². The summed E-state index contributed by atoms with van der Waals surface area (Å²) in [6.45, 7) is 0. The van der Waals surface area contributed by atoms with Crippen LogP contribution in [-0.2, 0) is 6.42 Å². The number of benzene rings is 1. The van der Waals surface area contributed by atoms with Crippen LogP contribution < -0.4 is 5.73 Å². The van der Waals surface area contributed by atoms with Crippen molar-refractivity contribution >= 4 is 28.1 Å². The van der Waals surface area contributed by atoms with Gasteiger partial charge in [-0.05, 0) is 17.7 Å². The Morgan fingerprint density at radius 1 is 1.41 bits per heavy atom. The number of halogens is 3. The number of hydrogen-bond acceptors (Lipinski definition) is 3. The van der Waals surface area contributed by atoms with E-state index >= 15 is 0 Å². The lowest BCUT2D eigenvalue weighted by Gasteiger charge is -2.05. The molecular weight excluding hydrogens is 266 g/mol. The van der Waals surface area contributed by atoms with Gasteiger partial charge in [0.15, 0.2) is 5.13 Å². The van der Waals surface area contributed by atoms with Crippen LogP contribution >= 0.6 is 22.9 Å². The first-order chi connectivity index (χ1) is 8.06. The average molecular weight is 275 g/mol. The minimum absolute atomic E-state index is 0.0346. The zero-order valence-corrected chi connectivity index (χ0v) is 10.2. The molecule has 90 valence electrons. The summed E-state index contributed by atoms with van der Waals surface area (Å²) in [6, 6.07) is 4.21. The van der Waals surface area contributed by atoms with Gasteiger partial charge in [0.2, 0.25) is 0 Å². The fourth-order valence-electron chi connectivity index (χ4n) is 1.46. The fraction of sp³-hybridized carbons (Fsp3) is 0.182. The number of hydrogen-bond donors (Lipinski definition) is 1. The Labute approximate surface area is 106 Å². The van der Waals surface area contributed by atoms with Crippen molar-refractivity contribution in [2.24, 2.45) is 0 Å². The summed E-state index contributed by atoms with van der Waals surface area (Å²) in [5.41, 5.74) is 6.84. The Morgan fingerprint density at radius 3 is 2.76 bits per heavy atom. The van der Waals surface area contributed by atoms with Crippen molar-refractivity contribution in [2.75, 3.05) is 5.73 Å². The van der Waals surface area contributed by atoms with E-state index in [4.69, 9.17) is 17.3 Å². The van der Waals surface area contributed by atoms with E-state index in [1.807, 2.05) is 0 Å². The minimum atomic E-state index is -2.49. The standard InChI is InChI=1S/C11H9ClF2N2S/c12-9-2-1-6(10(13)14)3-7(9)4-8-5-17-11(15)16-8/h1-3,5,10H,4H2,(H2,15,16). The van der Waals surface area contributed by atoms with E-state index in [0.29, 0.717) is 22.1 Å². The highest BCUT2D eigenvalue weighted by atomic mass is 35.5. The van der Waals surface area contributed by atoms with Crippen molar-refractivity contribution < 1.29 is 8.78 Å². The lowest BCUT2D eigenvalue weighted by atomic mass is 10.1. The molecule has 0 fully saturated rings. The SMILES string of the molecule is Nc1nc(Cc2cc(C(F)F)ccc2Cl)cs1. The van der Waals surface area contributed by atoms with Gasteiger partial charge in [0.1, 0.15) is 0 Å². The third-order valence-electron chi connectivity index (χ3n) is 2.26. The summed E-state index contributed by atoms with van der Waals surface area (Å²) in [5.74, 6) is 0. The van der Waals surface area contributed by atoms with Gasteiger partial charge in [-0.1, -0.05) is 17.7 Å². The third-order valence-corrected chi connectivity index (χ3v) is 3.35. The van der Waals surface area contributed by atoms with Crippen molar-refractivity contribution in [2.45, 2.75) is 12.8 Å². The first kappa shape index (κ1) is 12.3. The number of nitrogens with zero attached hydrogens (tertiary/aromatic N) is 1. The Bertz CT molecular complexity index is 528. The molecule has 0 bridgehead atoms. The Morgan fingerprint density at radius 2 is 2.18 bits per heavy atom. The van der Waals surface area contributed by atoms with Gasteiger partial charge in [0.25, 0.3) is 6.43 Å². The van der Waals surface area contributed by atoms with Gasteiger partial charge in [0, 0.05) is 22.4 Å². The van der Waals surface area contributed by atoms with E-state index in [9.17, 15) is 8.78 Å². The monoisotopic (exact) mass is 274 g/mol. The molecule has 0 saturated heterocycles. The van der Waals surface area contributed by atoms with Crippen LogP contribution in [0.5, 0.6) is 0 Å². The van der Waals surface area contributed by atoms with Crippen molar-refractivity contribution in [1.29, 1.82) is 0 Å². The second-order valence-electron chi connectivity index (χ2n) is 3.51. The maximum atomic E-state index is 12.5. The van der Waals surface area contributed by atoms with Gasteiger partial charge in [-0.15, -0.1) is 11.3 Å². The number of thiazole rings is 1. The maximum Gasteiger partial charge on any atom is 0.263 e. The van der Waals surface area contributed by atoms with Crippen LogP contribution in [0.1, 0.15) is 23.2 Å². The first-order valence-electron chi connectivity index (χ1n) is 4.82. The lowest BCUT2D eigenvalue weighted by molar-refractivity contribution is 0.151. The number of aromatic nitrogens is 1. The van der Waals surface area contributed by atoms with E-state index < -0.39 is 6.43 Å². The van der Waals surface area contributed by atoms with Gasteiger partial charge < -0.3 is 5.73 Å². The minimum Gasteiger partial charge on any atom is -0.375 e. The van der Waals surface area contributed by atoms with Crippen LogP contribution in [0.25, 0.3) is 0 Å². The second kappa shape index (κ2) is 4.98. The summed E-state index contributed by atoms with van der Waals surface area (Å²) in [7, 11) is 0. The van der Waals surface area contributed by atoms with Crippen LogP contribution in [0.4, 0.5) is 13.9 Å². The summed E-state index contributed by atoms with van der Waals surface area (Å²) in [4.78, 5) is 4.07. The predicted molar refractivity (Wildman–Crippen MR) is 65.7 cm³/mol. The molecule has 0 aliphatic heterocycles. The molecule has 1 aromatic carbocycles. The summed E-state index contributed by atoms with van der Waals surface area (Å²) < 4.78 is 25.1. The quantitative estimate of drug-likeness (QED) is 0.922. The van der Waals surface area contributed by atoms with Gasteiger partial charge in [0.05, 0.1) is 5.69 Å². The largest absolute Gasteiger partial charge is 0.375 e. The molecule has 6 heteroatoms. The fourth-order valence-corrected chi connectivity index (χ4v) is 2.21. The van der Waals surface area contributed by atoms with Crippen molar-refractivity contribution in [1.82, 2.24) is 4.98 Å². The molecule has 0 aliphatic carbocycles. The average Bonchev–Trinajstić information content (AvgIpc) is 2.67. The van der Waals surface area contributed by atoms with Crippen molar-refractivity contribution in [3.63, 3.8) is 0 Å². The zero-order valence-electron chi connectivity index (χ0n) is 8.66. The lowest BCUT2D eigenvalue weighted by Crippen LogP contribution is -1.94. The molecule has 1 aromatic heterocycles. The summed E-state index contributed by atoms with van der Waals surface area (Å²) in [6.07, 6.45) is -2.08. The van der Waals surface area contributed by atoms with Crippen LogP contribution in [0.2, 0.25) is 5.02 Å². The molecule has 2 aromatic rings. The number of nitrogens with two attached hydrogens (primary N) is 1. The van der Waals surface area contributed by atoms with E-state index in [-0.39, 0.29) is 5.56 Å². The molecule has 2 rings (SSSR count). The van der Waals surface area contributed by atoms with E-state index in [0.717, 1.165) is 5.69 Å². The molecule has 0 spiro atoms. The molecule has 0 amide bonds. The number of nitrogen functional groups attached to an aromatic ring is 1. The summed E-state index contributed by atoms with van der Waals surface area (Å²) >= 11 is 7.27. The molecule has 2 nitrogen and oxygen atoms in total. The normalized spacial score (nSPS) is 11.1. The number of rotatable bonds is 3. The highest BCUT2D eigenvalue weighted by Crippen LogP contribution is 2.26. The molecular formula is C11H9ClF2N2S. The van der Waals surface area contributed by atoms with Crippen molar-refractivity contribution in [3.05, 3.63) is 45.4 Å². The van der Waals surface area contributed by atoms with Gasteiger partial charge in [-0.3, -0.25) is 0 Å². The van der Waals surface area contributed by atoms with Crippen LogP contribution in [0.3, 0.4) is 0 Å². The topological polar surface area (TPSA) is 38.9 Å². The van der Waals surface area contributed by atoms with Gasteiger partial charge in [-0.2, -0.15) is 0 Å². The van der Waals surface area contributed by atoms with Crippen LogP contribution in [0.15, 0.2) is 23.6 Å². The smallest absolute Gasteiger partial charge is 0.263 e. The van der Waals surface area contributed by atoms with E-state index in [1.54, 1.807) is 5.38 Å². The van der Waals surface area contributed by atoms with Crippen LogP contribution in [0, 0.1) is 0 Å². The highest BCUT2D eigenvalue weighted by molar-refractivity contribution is 7.13. The van der Waals surface area contributed by atoms with Gasteiger partial charge >= 0.3 is 0 Å². The number of anilines is 1. The Balaban J connectivity index is 2.28.